The molecular formula is C32H34N2O7. The third kappa shape index (κ3) is 4.92. The van der Waals surface area contributed by atoms with E-state index in [0.29, 0.717) is 52.0 Å². The molecule has 2 aliphatic rings. The minimum absolute atomic E-state index is 0.0589. The highest BCUT2D eigenvalue weighted by Crippen LogP contribution is 2.50. The minimum atomic E-state index is -0.730. The summed E-state index contributed by atoms with van der Waals surface area (Å²) in [6.45, 7) is 1.51. The second-order valence-electron chi connectivity index (χ2n) is 9.93. The Morgan fingerprint density at radius 2 is 1.41 bits per heavy atom. The highest BCUT2D eigenvalue weighted by molar-refractivity contribution is 6.06. The van der Waals surface area contributed by atoms with Crippen LogP contribution >= 0.6 is 0 Å². The third-order valence-electron chi connectivity index (χ3n) is 7.71. The summed E-state index contributed by atoms with van der Waals surface area (Å²) < 4.78 is 27.8. The summed E-state index contributed by atoms with van der Waals surface area (Å²) in [6, 6.07) is 16.2. The maximum absolute atomic E-state index is 14.2. The van der Waals surface area contributed by atoms with E-state index in [4.69, 9.17) is 23.7 Å². The molecule has 0 unspecified atom stereocenters. The molecule has 214 valence electrons. The number of benzene rings is 3. The molecular weight excluding hydrogens is 524 g/mol. The minimum Gasteiger partial charge on any atom is -0.493 e. The van der Waals surface area contributed by atoms with Crippen LogP contribution in [0.2, 0.25) is 0 Å². The number of carbonyl (C=O) groups excluding carboxylic acids is 2. The predicted octanol–water partition coefficient (Wildman–Crippen LogP) is 5.65. The van der Waals surface area contributed by atoms with E-state index >= 15 is 0 Å². The summed E-state index contributed by atoms with van der Waals surface area (Å²) in [5.74, 6) is 2.16. The number of Topliss-reactive ketones (excluding diaryl/α,β-unsaturated/α-hetero) is 1. The van der Waals surface area contributed by atoms with Crippen LogP contribution in [0.1, 0.15) is 42.9 Å². The lowest BCUT2D eigenvalue weighted by Gasteiger charge is -2.35. The number of amides is 1. The number of nitrogens with zero attached hydrogens (tertiary/aromatic N) is 1. The average molecular weight is 559 g/mol. The summed E-state index contributed by atoms with van der Waals surface area (Å²) in [4.78, 5) is 29.2. The second-order valence-corrected chi connectivity index (χ2v) is 9.93. The van der Waals surface area contributed by atoms with E-state index in [2.05, 4.69) is 5.32 Å². The number of hydrogen-bond donors (Lipinski definition) is 1. The third-order valence-corrected chi connectivity index (χ3v) is 7.71. The van der Waals surface area contributed by atoms with Crippen molar-refractivity contribution in [3.05, 3.63) is 77.0 Å². The lowest BCUT2D eigenvalue weighted by Crippen LogP contribution is -2.37. The van der Waals surface area contributed by atoms with Gasteiger partial charge in [-0.1, -0.05) is 18.2 Å². The molecule has 9 heteroatoms. The summed E-state index contributed by atoms with van der Waals surface area (Å²) in [5, 5.41) is 3.53. The quantitative estimate of drug-likeness (QED) is 0.398. The first kappa shape index (κ1) is 27.9. The van der Waals surface area contributed by atoms with Crippen LogP contribution in [0.15, 0.2) is 65.9 Å². The number of ether oxygens (including phenoxy) is 5. The van der Waals surface area contributed by atoms with E-state index in [1.807, 2.05) is 42.5 Å². The molecule has 1 aliphatic heterocycles. The van der Waals surface area contributed by atoms with E-state index in [0.717, 1.165) is 16.9 Å². The van der Waals surface area contributed by atoms with Gasteiger partial charge < -0.3 is 29.0 Å². The fraction of sp³-hybridized carbons (Fsp3) is 0.312. The lowest BCUT2D eigenvalue weighted by atomic mass is 9.78. The van der Waals surface area contributed by atoms with Gasteiger partial charge in [-0.25, -0.2) is 0 Å². The smallest absolute Gasteiger partial charge is 0.224 e. The summed E-state index contributed by atoms with van der Waals surface area (Å²) in [5.41, 5.74) is 4.33. The first-order valence-corrected chi connectivity index (χ1v) is 13.3. The van der Waals surface area contributed by atoms with Crippen LogP contribution in [0.25, 0.3) is 0 Å². The first-order valence-electron chi connectivity index (χ1n) is 13.3. The Hall–Kier alpha value is -4.66. The highest BCUT2D eigenvalue weighted by atomic mass is 16.5. The fourth-order valence-electron chi connectivity index (χ4n) is 5.86. The monoisotopic (exact) mass is 558 g/mol. The Morgan fingerprint density at radius 1 is 0.780 bits per heavy atom. The van der Waals surface area contributed by atoms with Crippen molar-refractivity contribution in [1.29, 1.82) is 0 Å². The molecule has 0 radical (unpaired) electrons. The number of carbonyl (C=O) groups is 2. The van der Waals surface area contributed by atoms with E-state index in [1.54, 1.807) is 31.3 Å². The number of nitrogens with one attached hydrogen (secondary N) is 1. The van der Waals surface area contributed by atoms with Gasteiger partial charge in [-0.05, 0) is 59.9 Å². The van der Waals surface area contributed by atoms with Crippen molar-refractivity contribution in [2.24, 2.45) is 0 Å². The van der Waals surface area contributed by atoms with E-state index < -0.39 is 6.04 Å². The Kier molecular flexibility index (Phi) is 7.79. The Balaban J connectivity index is 1.71. The van der Waals surface area contributed by atoms with Gasteiger partial charge in [-0.15, -0.1) is 0 Å². The zero-order valence-electron chi connectivity index (χ0n) is 24.1. The van der Waals surface area contributed by atoms with E-state index in [9.17, 15) is 9.59 Å². The van der Waals surface area contributed by atoms with Crippen molar-refractivity contribution in [3.63, 3.8) is 0 Å². The topological polar surface area (TPSA) is 95.6 Å². The second kappa shape index (κ2) is 11.4. The molecule has 3 aromatic carbocycles. The molecule has 3 aromatic rings. The SMILES string of the molecule is COc1ccc([C@H]2CC(=O)C3=C(C2)Nc2ccccc2N(C(C)=O)[C@H]3c2cc(OC)c(OC)c(OC)c2)cc1OC. The normalized spacial score (nSPS) is 18.0. The fourth-order valence-corrected chi connectivity index (χ4v) is 5.86. The lowest BCUT2D eigenvalue weighted by molar-refractivity contribution is -0.117. The number of allylic oxidation sites excluding steroid dienone is 1. The standard InChI is InChI=1S/C32H34N2O7/c1-18(35)34-24-10-8-7-9-22(24)33-23-13-20(19-11-12-26(37-2)27(15-19)38-3)14-25(36)30(23)31(34)21-16-28(39-4)32(41-6)29(17-21)40-5/h7-12,15-17,20,31,33H,13-14H2,1-6H3/t20-,31+/m1/s1. The summed E-state index contributed by atoms with van der Waals surface area (Å²) in [7, 11) is 7.80. The van der Waals surface area contributed by atoms with Crippen molar-refractivity contribution in [3.8, 4) is 28.7 Å². The van der Waals surface area contributed by atoms with Crippen LogP contribution in [0.5, 0.6) is 28.7 Å². The number of methoxy groups -OCH3 is 5. The zero-order chi connectivity index (χ0) is 29.3. The van der Waals surface area contributed by atoms with Crippen LogP contribution in [0.3, 0.4) is 0 Å². The highest BCUT2D eigenvalue weighted by Gasteiger charge is 2.41. The molecule has 0 spiro atoms. The number of hydrogen-bond acceptors (Lipinski definition) is 8. The van der Waals surface area contributed by atoms with Crippen molar-refractivity contribution in [1.82, 2.24) is 0 Å². The van der Waals surface area contributed by atoms with Gasteiger partial charge in [0.1, 0.15) is 0 Å². The van der Waals surface area contributed by atoms with Crippen molar-refractivity contribution in [2.45, 2.75) is 31.7 Å². The molecule has 1 amide bonds. The van der Waals surface area contributed by atoms with Crippen LogP contribution in [-0.4, -0.2) is 47.2 Å². The van der Waals surface area contributed by atoms with Crippen LogP contribution in [-0.2, 0) is 9.59 Å². The Morgan fingerprint density at radius 3 is 2.02 bits per heavy atom. The maximum atomic E-state index is 14.2. The molecule has 5 rings (SSSR count). The Bertz CT molecular complexity index is 1510. The average Bonchev–Trinajstić information content (AvgIpc) is 3.14. The molecule has 0 fully saturated rings. The molecule has 1 heterocycles. The van der Waals surface area contributed by atoms with Gasteiger partial charge in [-0.3, -0.25) is 14.5 Å². The number of fused-ring (bicyclic) bond motifs is 1. The molecule has 0 saturated carbocycles. The molecule has 9 nitrogen and oxygen atoms in total. The van der Waals surface area contributed by atoms with Crippen molar-refractivity contribution in [2.75, 3.05) is 45.8 Å². The van der Waals surface area contributed by atoms with Gasteiger partial charge in [0, 0.05) is 24.6 Å². The number of anilines is 2. The van der Waals surface area contributed by atoms with Crippen molar-refractivity contribution < 1.29 is 33.3 Å². The maximum Gasteiger partial charge on any atom is 0.224 e. The van der Waals surface area contributed by atoms with Crippen LogP contribution in [0, 0.1) is 0 Å². The van der Waals surface area contributed by atoms with Gasteiger partial charge in [0.25, 0.3) is 0 Å². The van der Waals surface area contributed by atoms with Gasteiger partial charge in [-0.2, -0.15) is 0 Å². The summed E-state index contributed by atoms with van der Waals surface area (Å²) >= 11 is 0. The number of rotatable bonds is 7. The van der Waals surface area contributed by atoms with Crippen molar-refractivity contribution >= 4 is 23.1 Å². The molecule has 1 aliphatic carbocycles. The van der Waals surface area contributed by atoms with Gasteiger partial charge in [0.2, 0.25) is 11.7 Å². The van der Waals surface area contributed by atoms with Crippen LogP contribution < -0.4 is 33.9 Å². The predicted molar refractivity (Wildman–Crippen MR) is 156 cm³/mol. The number of ketones is 1. The molecule has 1 N–H and O–H groups in total. The largest absolute Gasteiger partial charge is 0.493 e. The van der Waals surface area contributed by atoms with E-state index in [1.165, 1.54) is 28.3 Å². The molecule has 0 bridgehead atoms. The van der Waals surface area contributed by atoms with Gasteiger partial charge in [0.05, 0.1) is 53.0 Å². The van der Waals surface area contributed by atoms with Gasteiger partial charge >= 0.3 is 0 Å². The van der Waals surface area contributed by atoms with E-state index in [-0.39, 0.29) is 24.0 Å². The van der Waals surface area contributed by atoms with Crippen LogP contribution in [0.4, 0.5) is 11.4 Å². The first-order chi connectivity index (χ1) is 19.8. The Labute approximate surface area is 239 Å². The molecule has 2 atom stereocenters. The zero-order valence-corrected chi connectivity index (χ0v) is 24.1. The molecule has 0 aromatic heterocycles. The molecule has 41 heavy (non-hydrogen) atoms. The van der Waals surface area contributed by atoms with Gasteiger partial charge in [0.15, 0.2) is 28.8 Å². The summed E-state index contributed by atoms with van der Waals surface area (Å²) in [6.07, 6.45) is 0.816. The molecule has 0 saturated heterocycles. The number of para-hydroxylation sites is 2.